The molecule has 0 fully saturated rings. The van der Waals surface area contributed by atoms with Crippen LogP contribution >= 0.6 is 0 Å². The van der Waals surface area contributed by atoms with Crippen LogP contribution in [0.1, 0.15) is 24.8 Å². The van der Waals surface area contributed by atoms with Crippen LogP contribution in [0.15, 0.2) is 24.4 Å². The van der Waals surface area contributed by atoms with Gasteiger partial charge in [-0.05, 0) is 50.6 Å². The van der Waals surface area contributed by atoms with E-state index in [4.69, 9.17) is 13.7 Å². The van der Waals surface area contributed by atoms with Crippen LogP contribution in [-0.4, -0.2) is 45.8 Å². The average Bonchev–Trinajstić information content (AvgIpc) is 2.77. The van der Waals surface area contributed by atoms with Gasteiger partial charge in [-0.2, -0.15) is 0 Å². The van der Waals surface area contributed by atoms with Crippen LogP contribution in [0.2, 0.25) is 0 Å². The molecule has 5 nitrogen and oxygen atoms in total. The second-order valence-electron chi connectivity index (χ2n) is 4.37. The van der Waals surface area contributed by atoms with Gasteiger partial charge in [0.25, 0.3) is 0 Å². The lowest BCUT2D eigenvalue weighted by molar-refractivity contribution is 0.414. The summed E-state index contributed by atoms with van der Waals surface area (Å²) in [6, 6.07) is 4.42. The summed E-state index contributed by atoms with van der Waals surface area (Å²) in [5.41, 5.74) is 1.06. The van der Waals surface area contributed by atoms with Gasteiger partial charge in [-0.3, -0.25) is 0 Å². The normalized spacial score (nSPS) is 21.6. The number of nitrogens with zero attached hydrogens (tertiary/aromatic N) is 1. The van der Waals surface area contributed by atoms with E-state index in [0.717, 1.165) is 0 Å². The molecule has 0 saturated heterocycles. The molecule has 0 saturated carbocycles. The van der Waals surface area contributed by atoms with Gasteiger partial charge in [0.15, 0.2) is 0 Å². The van der Waals surface area contributed by atoms with Gasteiger partial charge in [0.05, 0.1) is 7.12 Å². The summed E-state index contributed by atoms with van der Waals surface area (Å²) in [7, 11) is -4.16. The van der Waals surface area contributed by atoms with Gasteiger partial charge in [-0.1, -0.05) is 6.07 Å². The smallest absolute Gasteiger partial charge is 0.215 e. The molecular formula is C14H21N3O2S. The minimum atomic E-state index is -4.16. The Labute approximate surface area is 134 Å². The number of aromatic amines is 1. The number of rotatable bonds is 6. The van der Waals surface area contributed by atoms with E-state index >= 15 is 0 Å². The number of fused-ring (bicyclic) bond motifs is 1. The lowest BCUT2D eigenvalue weighted by Crippen LogP contribution is -2.20. The third-order valence-corrected chi connectivity index (χ3v) is 3.88. The van der Waals surface area contributed by atoms with Gasteiger partial charge in [0.1, 0.15) is 0 Å². The summed E-state index contributed by atoms with van der Waals surface area (Å²) in [6.07, 6.45) is -0.138. The molecular weight excluding hydrogens is 274 g/mol. The van der Waals surface area contributed by atoms with Gasteiger partial charge in [-0.25, -0.2) is 13.1 Å². The second-order valence-corrected chi connectivity index (χ2v) is 6.09. The number of aromatic nitrogens is 1. The summed E-state index contributed by atoms with van der Waals surface area (Å²) < 4.78 is 99.3. The standard InChI is InChI=1S/C14H21N3O2S/c1-15-20(18,19)10-11-4-5-14-13(8-11)12(9-16-14)6-7-17(2)3/h4-5,8-9,15-16H,6-7,10H2,1-3H3/i1D3,2D3,3D3,9D. The van der Waals surface area contributed by atoms with Crippen molar-refractivity contribution in [2.45, 2.75) is 12.2 Å². The Morgan fingerprint density at radius 2 is 2.30 bits per heavy atom. The molecule has 2 N–H and O–H groups in total. The van der Waals surface area contributed by atoms with Gasteiger partial charge in [-0.15, -0.1) is 0 Å². The van der Waals surface area contributed by atoms with Gasteiger partial charge >= 0.3 is 0 Å². The highest BCUT2D eigenvalue weighted by atomic mass is 32.2. The van der Waals surface area contributed by atoms with Crippen LogP contribution in [0.3, 0.4) is 0 Å². The van der Waals surface area contributed by atoms with Crippen molar-refractivity contribution in [3.8, 4) is 0 Å². The molecule has 1 aromatic heterocycles. The fourth-order valence-electron chi connectivity index (χ4n) is 1.93. The van der Waals surface area contributed by atoms with Crippen LogP contribution in [0.4, 0.5) is 0 Å². The summed E-state index contributed by atoms with van der Waals surface area (Å²) in [4.78, 5) is 3.15. The Balaban J connectivity index is 2.34. The molecule has 2 aromatic rings. The van der Waals surface area contributed by atoms with Crippen LogP contribution < -0.4 is 4.72 Å². The third-order valence-electron chi connectivity index (χ3n) is 2.85. The number of nitrogens with one attached hydrogen (secondary N) is 2. The van der Waals surface area contributed by atoms with Crippen molar-refractivity contribution in [2.75, 3.05) is 27.5 Å². The molecule has 0 unspecified atom stereocenters. The topological polar surface area (TPSA) is 65.2 Å². The molecule has 0 aliphatic rings. The van der Waals surface area contributed by atoms with E-state index in [9.17, 15) is 8.42 Å². The molecule has 20 heavy (non-hydrogen) atoms. The zero-order valence-corrected chi connectivity index (χ0v) is 11.3. The Hall–Kier alpha value is -1.37. The first-order valence-electron chi connectivity index (χ1n) is 10.8. The molecule has 0 aliphatic heterocycles. The van der Waals surface area contributed by atoms with E-state index in [2.05, 4.69) is 4.98 Å². The van der Waals surface area contributed by atoms with Crippen molar-refractivity contribution < 1.29 is 22.1 Å². The first kappa shape index (κ1) is 6.60. The van der Waals surface area contributed by atoms with Gasteiger partial charge in [0.2, 0.25) is 10.0 Å². The minimum absolute atomic E-state index is 0.0540. The molecule has 0 bridgehead atoms. The van der Waals surface area contributed by atoms with Crippen molar-refractivity contribution in [1.29, 1.82) is 0 Å². The largest absolute Gasteiger partial charge is 0.361 e. The average molecular weight is 305 g/mol. The zero-order chi connectivity index (χ0) is 23.1. The maximum atomic E-state index is 12.0. The van der Waals surface area contributed by atoms with Gasteiger partial charge in [0, 0.05) is 36.0 Å². The molecule has 0 aliphatic carbocycles. The predicted octanol–water partition coefficient (Wildman–Crippen LogP) is 1.32. The molecule has 6 heteroatoms. The van der Waals surface area contributed by atoms with E-state index in [-0.39, 0.29) is 24.7 Å². The zero-order valence-electron chi connectivity index (χ0n) is 20.5. The number of likely N-dealkylation sites (N-methyl/N-ethyl adjacent to an activating group) is 1. The Kier molecular flexibility index (Phi) is 1.96. The highest BCUT2D eigenvalue weighted by Gasteiger charge is 2.11. The summed E-state index contributed by atoms with van der Waals surface area (Å²) in [5.74, 6) is -0.615. The fraction of sp³-hybridized carbons (Fsp3) is 0.429. The van der Waals surface area contributed by atoms with Crippen molar-refractivity contribution >= 4 is 20.9 Å². The Morgan fingerprint density at radius 1 is 1.45 bits per heavy atom. The highest BCUT2D eigenvalue weighted by Crippen LogP contribution is 2.21. The lowest BCUT2D eigenvalue weighted by atomic mass is 10.1. The molecule has 1 heterocycles. The monoisotopic (exact) mass is 305 g/mol. The van der Waals surface area contributed by atoms with E-state index in [1.54, 1.807) is 4.72 Å². The highest BCUT2D eigenvalue weighted by molar-refractivity contribution is 7.88. The van der Waals surface area contributed by atoms with E-state index in [1.165, 1.54) is 18.2 Å². The number of hydrogen-bond acceptors (Lipinski definition) is 3. The lowest BCUT2D eigenvalue weighted by Gasteiger charge is -2.08. The summed E-state index contributed by atoms with van der Waals surface area (Å²) in [6.45, 7) is -8.97. The maximum absolute atomic E-state index is 12.0. The van der Waals surface area contributed by atoms with Crippen LogP contribution in [-0.2, 0) is 22.2 Å². The number of benzene rings is 1. The summed E-state index contributed by atoms with van der Waals surface area (Å²) in [5, 5.41) is 0.428. The summed E-state index contributed by atoms with van der Waals surface area (Å²) >= 11 is 0. The molecule has 1 aromatic carbocycles. The predicted molar refractivity (Wildman–Crippen MR) is 82.2 cm³/mol. The van der Waals surface area contributed by atoms with Gasteiger partial charge < -0.3 is 9.88 Å². The fourth-order valence-corrected chi connectivity index (χ4v) is 2.62. The SMILES string of the molecule is [2H]c1[nH]c2ccc(CS(=O)(=O)NC([2H])([2H])[2H])cc2c1CCN(C([2H])([2H])[2H])C([2H])([2H])[2H]. The third kappa shape index (κ3) is 3.59. The molecule has 0 radical (unpaired) electrons. The Bertz CT molecular complexity index is 994. The number of sulfonamides is 1. The molecule has 0 amide bonds. The second kappa shape index (κ2) is 5.95. The molecule has 110 valence electrons. The van der Waals surface area contributed by atoms with Crippen LogP contribution in [0.25, 0.3) is 10.9 Å². The van der Waals surface area contributed by atoms with Crippen molar-refractivity contribution in [3.63, 3.8) is 0 Å². The van der Waals surface area contributed by atoms with E-state index in [1.807, 2.05) is 0 Å². The first-order valence-corrected chi connectivity index (χ1v) is 7.44. The van der Waals surface area contributed by atoms with Crippen LogP contribution in [0, 0.1) is 0 Å². The number of H-pyrrole nitrogens is 1. The number of hydrogen-bond donors (Lipinski definition) is 2. The van der Waals surface area contributed by atoms with E-state index < -0.39 is 36.7 Å². The van der Waals surface area contributed by atoms with Crippen LogP contribution in [0.5, 0.6) is 0 Å². The Morgan fingerprint density at radius 3 is 3.05 bits per heavy atom. The molecule has 2 rings (SSSR count). The molecule has 0 atom stereocenters. The quantitative estimate of drug-likeness (QED) is 0.846. The minimum Gasteiger partial charge on any atom is -0.361 e. The van der Waals surface area contributed by atoms with E-state index in [0.29, 0.717) is 21.4 Å². The van der Waals surface area contributed by atoms with Crippen molar-refractivity contribution in [1.82, 2.24) is 14.6 Å². The molecule has 0 spiro atoms. The van der Waals surface area contributed by atoms with Crippen molar-refractivity contribution in [3.05, 3.63) is 35.5 Å². The van der Waals surface area contributed by atoms with Crippen molar-refractivity contribution in [2.24, 2.45) is 0 Å². The maximum Gasteiger partial charge on any atom is 0.215 e. The first-order chi connectivity index (χ1) is 13.4.